The zero-order chi connectivity index (χ0) is 21.7. The van der Waals surface area contributed by atoms with E-state index in [1.165, 1.54) is 77.0 Å². The van der Waals surface area contributed by atoms with E-state index in [2.05, 4.69) is 37.5 Å². The van der Waals surface area contributed by atoms with E-state index in [-0.39, 0.29) is 0 Å². The molecule has 0 unspecified atom stereocenters. The molecule has 0 radical (unpaired) electrons. The predicted molar refractivity (Wildman–Crippen MR) is 147 cm³/mol. The first-order valence-corrected chi connectivity index (χ1v) is 18.2. The van der Waals surface area contributed by atoms with Crippen molar-refractivity contribution in [3.05, 3.63) is 0 Å². The molecule has 2 nitrogen and oxygen atoms in total. The molecule has 0 aromatic carbocycles. The van der Waals surface area contributed by atoms with Gasteiger partial charge in [-0.15, -0.1) is 0 Å². The average molecular weight is 544 g/mol. The van der Waals surface area contributed by atoms with Crippen LogP contribution >= 0.6 is 44.8 Å². The topological polar surface area (TPSA) is 6.48 Å². The predicted octanol–water partition coefficient (Wildman–Crippen LogP) is 7.92. The van der Waals surface area contributed by atoms with Crippen LogP contribution < -0.4 is 0 Å². The molecule has 172 valence electrons. The first-order valence-electron chi connectivity index (χ1n) is 11.7. The Hall–Kier alpha value is 0.999. The summed E-state index contributed by atoms with van der Waals surface area (Å²) in [6.45, 7) is 13.5. The fourth-order valence-corrected chi connectivity index (χ4v) is 11.3. The molecule has 7 heteroatoms. The Morgan fingerprint density at radius 3 is 1.07 bits per heavy atom. The third-order valence-electron chi connectivity index (χ3n) is 4.85. The second-order valence-corrected chi connectivity index (χ2v) is 15.2. The molecule has 0 N–H and O–H groups in total. The van der Waals surface area contributed by atoms with E-state index in [1.54, 1.807) is 0 Å². The summed E-state index contributed by atoms with van der Waals surface area (Å²) in [7, 11) is 3.74. The van der Waals surface area contributed by atoms with Crippen LogP contribution in [0.25, 0.3) is 0 Å². The quantitative estimate of drug-likeness (QED) is 0.0977. The minimum absolute atomic E-state index is 0.329. The molecular weight excluding hydrogens is 499 g/mol. The van der Waals surface area contributed by atoms with Crippen LogP contribution in [0.4, 0.5) is 0 Å². The van der Waals surface area contributed by atoms with Gasteiger partial charge in [0.25, 0.3) is 0 Å². The van der Waals surface area contributed by atoms with E-state index < -0.39 is 0 Å². The van der Waals surface area contributed by atoms with E-state index in [1.807, 2.05) is 20.4 Å². The Bertz CT molecular complexity index is 354. The van der Waals surface area contributed by atoms with Crippen LogP contribution in [0.15, 0.2) is 0 Å². The summed E-state index contributed by atoms with van der Waals surface area (Å²) in [4.78, 5) is 4.91. The number of rotatable bonds is 18. The molecule has 0 bridgehead atoms. The zero-order valence-electron chi connectivity index (χ0n) is 19.2. The van der Waals surface area contributed by atoms with Crippen LogP contribution in [-0.2, 0) is 0 Å². The third-order valence-corrected chi connectivity index (χ3v) is 13.2. The van der Waals surface area contributed by atoms with E-state index in [0.717, 1.165) is 34.8 Å². The van der Waals surface area contributed by atoms with Crippen molar-refractivity contribution in [2.75, 3.05) is 26.2 Å². The van der Waals surface area contributed by atoms with Crippen LogP contribution in [0, 0.1) is 0 Å². The van der Waals surface area contributed by atoms with Gasteiger partial charge in [0.1, 0.15) is 0 Å². The molecule has 0 saturated heterocycles. The molecule has 0 atom stereocenters. The van der Waals surface area contributed by atoms with Gasteiger partial charge in [-0.2, -0.15) is 0 Å². The van der Waals surface area contributed by atoms with Crippen LogP contribution in [-0.4, -0.2) is 57.3 Å². The van der Waals surface area contributed by atoms with Gasteiger partial charge < -0.3 is 0 Å². The van der Waals surface area contributed by atoms with Crippen molar-refractivity contribution in [1.29, 1.82) is 0 Å². The van der Waals surface area contributed by atoms with Gasteiger partial charge in [0.15, 0.2) is 0 Å². The number of unbranched alkanes of at least 4 members (excludes halogenated alkanes) is 8. The number of hydrogen-bond donors (Lipinski definition) is 0. The molecule has 0 heterocycles. The number of thiocarbonyl (C=S) groups is 2. The fourth-order valence-electron chi connectivity index (χ4n) is 2.98. The zero-order valence-corrected chi connectivity index (χ0v) is 24.2. The van der Waals surface area contributed by atoms with Crippen molar-refractivity contribution in [2.45, 2.75) is 105 Å². The summed E-state index contributed by atoms with van der Waals surface area (Å²) in [5, 5.41) is 0. The van der Waals surface area contributed by atoms with Gasteiger partial charge in [0, 0.05) is 0 Å². The Kier molecular flexibility index (Phi) is 23.0. The third kappa shape index (κ3) is 17.3. The standard InChI is InChI=1S/C22H44N2S4Se/c1-5-9-13-17-23(18-14-10-6-2)21(25)27-29-28-22(26)24(19-15-11-7-3)20-16-12-8-4/h5-20H2,1-4H3. The summed E-state index contributed by atoms with van der Waals surface area (Å²) < 4.78 is 2.19. The van der Waals surface area contributed by atoms with Gasteiger partial charge in [0.05, 0.1) is 0 Å². The number of nitrogens with zero attached hydrogens (tertiary/aromatic N) is 2. The molecule has 0 rings (SSSR count). The van der Waals surface area contributed by atoms with Crippen LogP contribution in [0.1, 0.15) is 105 Å². The molecule has 0 aliphatic rings. The van der Waals surface area contributed by atoms with Gasteiger partial charge in [-0.1, -0.05) is 0 Å². The van der Waals surface area contributed by atoms with Crippen molar-refractivity contribution in [3.63, 3.8) is 0 Å². The van der Waals surface area contributed by atoms with Crippen molar-refractivity contribution in [1.82, 2.24) is 9.80 Å². The fraction of sp³-hybridized carbons (Fsp3) is 0.909. The molecule has 0 aliphatic heterocycles. The molecule has 0 aromatic rings. The molecule has 0 saturated carbocycles. The molecule has 29 heavy (non-hydrogen) atoms. The molecule has 0 aromatic heterocycles. The van der Waals surface area contributed by atoms with E-state index in [0.29, 0.717) is 12.7 Å². The molecular formula is C22H44N2S4Se. The first kappa shape index (κ1) is 30.0. The molecule has 0 amide bonds. The van der Waals surface area contributed by atoms with Crippen molar-refractivity contribution in [2.24, 2.45) is 0 Å². The first-order chi connectivity index (χ1) is 14.1. The normalized spacial score (nSPS) is 10.9. The monoisotopic (exact) mass is 544 g/mol. The van der Waals surface area contributed by atoms with Crippen LogP contribution in [0.3, 0.4) is 0 Å². The maximum atomic E-state index is 5.80. The van der Waals surface area contributed by atoms with Gasteiger partial charge in [-0.05, 0) is 0 Å². The second-order valence-electron chi connectivity index (χ2n) is 7.57. The average Bonchev–Trinajstić information content (AvgIpc) is 2.71. The van der Waals surface area contributed by atoms with E-state index >= 15 is 0 Å². The summed E-state index contributed by atoms with van der Waals surface area (Å²) >= 11 is 11.9. The molecule has 0 fully saturated rings. The van der Waals surface area contributed by atoms with Crippen LogP contribution in [0.2, 0.25) is 0 Å². The van der Waals surface area contributed by atoms with E-state index in [4.69, 9.17) is 24.4 Å². The van der Waals surface area contributed by atoms with Gasteiger partial charge in [-0.25, -0.2) is 0 Å². The van der Waals surface area contributed by atoms with Crippen molar-refractivity contribution < 1.29 is 0 Å². The van der Waals surface area contributed by atoms with Gasteiger partial charge >= 0.3 is 207 Å². The molecule has 0 aliphatic carbocycles. The minimum atomic E-state index is 0.329. The Labute approximate surface area is 205 Å². The summed E-state index contributed by atoms with van der Waals surface area (Å²) in [5.74, 6) is 0. The maximum absolute atomic E-state index is 5.80. The number of hydrogen-bond acceptors (Lipinski definition) is 4. The Morgan fingerprint density at radius 1 is 0.552 bits per heavy atom. The van der Waals surface area contributed by atoms with Crippen molar-refractivity contribution >= 4 is 66.2 Å². The summed E-state index contributed by atoms with van der Waals surface area (Å²) in [6.07, 6.45) is 15.3. The summed E-state index contributed by atoms with van der Waals surface area (Å²) in [5.41, 5.74) is 0. The second kappa shape index (κ2) is 22.2. The Morgan fingerprint density at radius 2 is 0.828 bits per heavy atom. The van der Waals surface area contributed by atoms with Gasteiger partial charge in [0.2, 0.25) is 0 Å². The van der Waals surface area contributed by atoms with Crippen molar-refractivity contribution in [3.8, 4) is 0 Å². The SMILES string of the molecule is CCCCCN(CCCCC)C(=S)S[Se]SC(=S)N(CCCCC)CCCCC. The molecule has 0 spiro atoms. The Balaban J connectivity index is 4.43. The summed E-state index contributed by atoms with van der Waals surface area (Å²) in [6, 6.07) is 0. The van der Waals surface area contributed by atoms with E-state index in [9.17, 15) is 0 Å². The van der Waals surface area contributed by atoms with Gasteiger partial charge in [-0.3, -0.25) is 0 Å². The van der Waals surface area contributed by atoms with Crippen LogP contribution in [0.5, 0.6) is 0 Å².